The van der Waals surface area contributed by atoms with Crippen molar-refractivity contribution < 1.29 is 5.11 Å². The van der Waals surface area contributed by atoms with Crippen LogP contribution >= 0.6 is 11.6 Å². The molecule has 0 saturated carbocycles. The lowest BCUT2D eigenvalue weighted by molar-refractivity contribution is 0.205. The molecule has 0 aliphatic heterocycles. The molecular formula is C6H9ClO. The molecule has 2 atom stereocenters. The van der Waals surface area contributed by atoms with E-state index in [4.69, 9.17) is 16.7 Å². The van der Waals surface area contributed by atoms with Gasteiger partial charge >= 0.3 is 0 Å². The molecule has 0 aromatic carbocycles. The predicted octanol–water partition coefficient (Wildman–Crippen LogP) is 1.30. The van der Waals surface area contributed by atoms with E-state index < -0.39 is 0 Å². The number of aliphatic hydroxyl groups excluding tert-OH is 1. The van der Waals surface area contributed by atoms with E-state index in [-0.39, 0.29) is 11.5 Å². The van der Waals surface area contributed by atoms with Gasteiger partial charge in [-0.3, -0.25) is 0 Å². The summed E-state index contributed by atoms with van der Waals surface area (Å²) in [6.07, 6.45) is 5.06. The number of rotatable bonds is 0. The Balaban J connectivity index is 2.42. The van der Waals surface area contributed by atoms with Crippen LogP contribution in [-0.2, 0) is 0 Å². The van der Waals surface area contributed by atoms with Crippen LogP contribution in [0, 0.1) is 0 Å². The van der Waals surface area contributed by atoms with Crippen LogP contribution in [0.5, 0.6) is 0 Å². The number of alkyl halides is 1. The Hall–Kier alpha value is -0.0100. The highest BCUT2D eigenvalue weighted by Gasteiger charge is 2.09. The quantitative estimate of drug-likeness (QED) is 0.389. The summed E-state index contributed by atoms with van der Waals surface area (Å²) in [6, 6.07) is 0. The van der Waals surface area contributed by atoms with E-state index in [1.54, 1.807) is 6.08 Å². The van der Waals surface area contributed by atoms with Gasteiger partial charge in [-0.05, 0) is 12.8 Å². The normalized spacial score (nSPS) is 37.8. The van der Waals surface area contributed by atoms with E-state index in [0.29, 0.717) is 0 Å². The van der Waals surface area contributed by atoms with Crippen LogP contribution in [0.2, 0.25) is 0 Å². The van der Waals surface area contributed by atoms with Crippen molar-refractivity contribution in [2.75, 3.05) is 0 Å². The first kappa shape index (κ1) is 6.12. The Morgan fingerprint density at radius 2 is 2.12 bits per heavy atom. The minimum absolute atomic E-state index is 0.151. The highest BCUT2D eigenvalue weighted by atomic mass is 35.5. The van der Waals surface area contributed by atoms with Gasteiger partial charge in [0.05, 0.1) is 11.5 Å². The van der Waals surface area contributed by atoms with E-state index in [1.807, 2.05) is 6.08 Å². The van der Waals surface area contributed by atoms with Gasteiger partial charge in [0.2, 0.25) is 0 Å². The second-order valence-corrected chi connectivity index (χ2v) is 2.61. The van der Waals surface area contributed by atoms with Crippen LogP contribution in [0.15, 0.2) is 12.2 Å². The van der Waals surface area contributed by atoms with E-state index >= 15 is 0 Å². The molecule has 1 rings (SSSR count). The Bertz CT molecular complexity index is 88.7. The molecule has 0 aromatic heterocycles. The molecule has 2 heteroatoms. The molecule has 8 heavy (non-hydrogen) atoms. The lowest BCUT2D eigenvalue weighted by Gasteiger charge is -2.12. The minimum atomic E-state index is -0.245. The molecule has 1 nitrogen and oxygen atoms in total. The summed E-state index contributed by atoms with van der Waals surface area (Å²) >= 11 is 5.68. The van der Waals surface area contributed by atoms with Gasteiger partial charge in [-0.2, -0.15) is 0 Å². The van der Waals surface area contributed by atoms with Crippen molar-refractivity contribution in [3.63, 3.8) is 0 Å². The first-order chi connectivity index (χ1) is 3.79. The van der Waals surface area contributed by atoms with Crippen LogP contribution in [0.3, 0.4) is 0 Å². The molecule has 1 aliphatic carbocycles. The molecule has 46 valence electrons. The van der Waals surface area contributed by atoms with Gasteiger partial charge in [0.25, 0.3) is 0 Å². The van der Waals surface area contributed by atoms with E-state index in [1.165, 1.54) is 0 Å². The second-order valence-electron chi connectivity index (χ2n) is 2.05. The van der Waals surface area contributed by atoms with Crippen LogP contribution in [0.4, 0.5) is 0 Å². The zero-order chi connectivity index (χ0) is 5.98. The number of aliphatic hydroxyl groups is 1. The van der Waals surface area contributed by atoms with Crippen molar-refractivity contribution in [3.8, 4) is 0 Å². The van der Waals surface area contributed by atoms with Crippen LogP contribution in [0.1, 0.15) is 12.8 Å². The second kappa shape index (κ2) is 2.51. The summed E-state index contributed by atoms with van der Waals surface area (Å²) in [7, 11) is 0. The van der Waals surface area contributed by atoms with Gasteiger partial charge in [0.1, 0.15) is 0 Å². The molecule has 0 saturated heterocycles. The van der Waals surface area contributed by atoms with Crippen molar-refractivity contribution >= 4 is 11.6 Å². The maximum atomic E-state index is 8.88. The third-order valence-electron chi connectivity index (χ3n) is 1.28. The standard InChI is InChI=1S/C6H9ClO/c7-5-1-3-6(8)4-2-5/h1,3,5-6,8H,2,4H2/t5-,6-/m0/s1. The number of halogens is 1. The van der Waals surface area contributed by atoms with Gasteiger partial charge in [0, 0.05) is 0 Å². The van der Waals surface area contributed by atoms with Crippen molar-refractivity contribution in [3.05, 3.63) is 12.2 Å². The van der Waals surface area contributed by atoms with Crippen molar-refractivity contribution in [1.82, 2.24) is 0 Å². The van der Waals surface area contributed by atoms with Gasteiger partial charge < -0.3 is 5.11 Å². The summed E-state index contributed by atoms with van der Waals surface area (Å²) in [5.41, 5.74) is 0. The summed E-state index contributed by atoms with van der Waals surface area (Å²) in [5.74, 6) is 0. The maximum Gasteiger partial charge on any atom is 0.0722 e. The lowest BCUT2D eigenvalue weighted by Crippen LogP contribution is -2.11. The zero-order valence-electron chi connectivity index (χ0n) is 4.55. The molecule has 0 spiro atoms. The van der Waals surface area contributed by atoms with Crippen molar-refractivity contribution in [1.29, 1.82) is 0 Å². The average molecular weight is 133 g/mol. The van der Waals surface area contributed by atoms with Gasteiger partial charge in [-0.1, -0.05) is 12.2 Å². The third-order valence-corrected chi connectivity index (χ3v) is 1.64. The Morgan fingerprint density at radius 1 is 1.38 bits per heavy atom. The molecule has 0 bridgehead atoms. The molecule has 0 fully saturated rings. The fourth-order valence-electron chi connectivity index (χ4n) is 0.771. The number of allylic oxidation sites excluding steroid dienone is 1. The summed E-state index contributed by atoms with van der Waals surface area (Å²) in [4.78, 5) is 0. The van der Waals surface area contributed by atoms with E-state index in [0.717, 1.165) is 12.8 Å². The molecule has 0 radical (unpaired) electrons. The zero-order valence-corrected chi connectivity index (χ0v) is 5.30. The number of hydrogen-bond donors (Lipinski definition) is 1. The fourth-order valence-corrected chi connectivity index (χ4v) is 0.981. The summed E-state index contributed by atoms with van der Waals surface area (Å²) in [5, 5.41) is 9.03. The molecule has 1 N–H and O–H groups in total. The molecule has 0 unspecified atom stereocenters. The summed E-state index contributed by atoms with van der Waals surface area (Å²) in [6.45, 7) is 0. The predicted molar refractivity (Wildman–Crippen MR) is 34.0 cm³/mol. The molecule has 0 heterocycles. The Morgan fingerprint density at radius 3 is 2.50 bits per heavy atom. The minimum Gasteiger partial charge on any atom is -0.389 e. The van der Waals surface area contributed by atoms with Gasteiger partial charge in [-0.15, -0.1) is 11.6 Å². The van der Waals surface area contributed by atoms with Crippen LogP contribution < -0.4 is 0 Å². The molecule has 1 aliphatic rings. The topological polar surface area (TPSA) is 20.2 Å². The molecule has 0 amide bonds. The third kappa shape index (κ3) is 1.49. The summed E-state index contributed by atoms with van der Waals surface area (Å²) < 4.78 is 0. The Labute approximate surface area is 54.0 Å². The Kier molecular flexibility index (Phi) is 1.92. The van der Waals surface area contributed by atoms with Crippen molar-refractivity contribution in [2.45, 2.75) is 24.3 Å². The monoisotopic (exact) mass is 132 g/mol. The first-order valence-corrected chi connectivity index (χ1v) is 3.23. The fraction of sp³-hybridized carbons (Fsp3) is 0.667. The largest absolute Gasteiger partial charge is 0.389 e. The van der Waals surface area contributed by atoms with Gasteiger partial charge in [0.15, 0.2) is 0 Å². The first-order valence-electron chi connectivity index (χ1n) is 2.79. The highest BCUT2D eigenvalue weighted by Crippen LogP contribution is 2.15. The van der Waals surface area contributed by atoms with Crippen LogP contribution in [-0.4, -0.2) is 16.6 Å². The van der Waals surface area contributed by atoms with Crippen molar-refractivity contribution in [2.24, 2.45) is 0 Å². The smallest absolute Gasteiger partial charge is 0.0722 e. The van der Waals surface area contributed by atoms with Crippen LogP contribution in [0.25, 0.3) is 0 Å². The number of hydrogen-bond acceptors (Lipinski definition) is 1. The SMILES string of the molecule is O[C@H]1C=C[C@H](Cl)CC1. The average Bonchev–Trinajstić information content (AvgIpc) is 1.77. The maximum absolute atomic E-state index is 8.88. The molecular weight excluding hydrogens is 124 g/mol. The molecule has 0 aromatic rings. The highest BCUT2D eigenvalue weighted by molar-refractivity contribution is 6.21. The van der Waals surface area contributed by atoms with E-state index in [2.05, 4.69) is 0 Å². The van der Waals surface area contributed by atoms with E-state index in [9.17, 15) is 0 Å². The lowest BCUT2D eigenvalue weighted by atomic mass is 10.1. The van der Waals surface area contributed by atoms with Gasteiger partial charge in [-0.25, -0.2) is 0 Å².